The zero-order valence-electron chi connectivity index (χ0n) is 8.11. The first-order valence-electron chi connectivity index (χ1n) is 4.68. The van der Waals surface area contributed by atoms with Crippen LogP contribution in [-0.2, 0) is 5.75 Å². The van der Waals surface area contributed by atoms with Crippen molar-refractivity contribution in [3.63, 3.8) is 0 Å². The van der Waals surface area contributed by atoms with E-state index in [1.54, 1.807) is 17.8 Å². The average molecular weight is 234 g/mol. The number of rotatable bonds is 3. The summed E-state index contributed by atoms with van der Waals surface area (Å²) in [6.07, 6.45) is 0. The molecule has 0 fully saturated rings. The molecular weight excluding hydrogens is 224 g/mol. The van der Waals surface area contributed by atoms with Crippen molar-refractivity contribution in [2.75, 3.05) is 0 Å². The fourth-order valence-electron chi connectivity index (χ4n) is 1.22. The summed E-state index contributed by atoms with van der Waals surface area (Å²) in [5.41, 5.74) is 1.32. The fraction of sp³-hybridized carbons (Fsp3) is 0.0769. The molecule has 2 aromatic rings. The van der Waals surface area contributed by atoms with Gasteiger partial charge in [-0.15, -0.1) is 11.8 Å². The second kappa shape index (κ2) is 5.24. The Kier molecular flexibility index (Phi) is 3.70. The molecule has 0 amide bonds. The van der Waals surface area contributed by atoms with Crippen LogP contribution in [0.25, 0.3) is 0 Å². The molecule has 1 radical (unpaired) electrons. The van der Waals surface area contributed by atoms with Crippen molar-refractivity contribution >= 4 is 23.4 Å². The third-order valence-corrected chi connectivity index (χ3v) is 3.26. The lowest BCUT2D eigenvalue weighted by Gasteiger charge is -2.01. The lowest BCUT2D eigenvalue weighted by molar-refractivity contribution is 1.38. The zero-order chi connectivity index (χ0) is 10.5. The van der Waals surface area contributed by atoms with Crippen LogP contribution < -0.4 is 0 Å². The summed E-state index contributed by atoms with van der Waals surface area (Å²) < 4.78 is 0. The fourth-order valence-corrected chi connectivity index (χ4v) is 2.16. The topological polar surface area (TPSA) is 0 Å². The minimum atomic E-state index is 0.735. The highest BCUT2D eigenvalue weighted by atomic mass is 35.5. The van der Waals surface area contributed by atoms with E-state index in [0.717, 1.165) is 15.7 Å². The third kappa shape index (κ3) is 3.29. The number of benzene rings is 2. The molecule has 2 aromatic carbocycles. The van der Waals surface area contributed by atoms with E-state index in [0.29, 0.717) is 0 Å². The average Bonchev–Trinajstić information content (AvgIpc) is 2.30. The minimum Gasteiger partial charge on any atom is -0.121 e. The largest absolute Gasteiger partial charge is 0.121 e. The predicted octanol–water partition coefficient (Wildman–Crippen LogP) is 4.43. The summed E-state index contributed by atoms with van der Waals surface area (Å²) in [5.74, 6) is 0.971. The third-order valence-electron chi connectivity index (χ3n) is 1.98. The van der Waals surface area contributed by atoms with Gasteiger partial charge in [0.05, 0.1) is 0 Å². The summed E-state index contributed by atoms with van der Waals surface area (Å²) in [6, 6.07) is 19.2. The molecule has 0 saturated heterocycles. The van der Waals surface area contributed by atoms with Gasteiger partial charge in [0.25, 0.3) is 0 Å². The molecule has 15 heavy (non-hydrogen) atoms. The normalized spacial score (nSPS) is 10.2. The lowest BCUT2D eigenvalue weighted by Crippen LogP contribution is -1.79. The van der Waals surface area contributed by atoms with Crippen LogP contribution in [0, 0.1) is 6.07 Å². The molecule has 0 aromatic heterocycles. The van der Waals surface area contributed by atoms with Crippen LogP contribution in [0.15, 0.2) is 53.4 Å². The van der Waals surface area contributed by atoms with Gasteiger partial charge in [-0.2, -0.15) is 0 Å². The van der Waals surface area contributed by atoms with E-state index in [1.807, 2.05) is 18.2 Å². The highest BCUT2D eigenvalue weighted by molar-refractivity contribution is 7.98. The molecule has 75 valence electrons. The van der Waals surface area contributed by atoms with E-state index in [4.69, 9.17) is 11.6 Å². The van der Waals surface area contributed by atoms with Crippen LogP contribution in [-0.4, -0.2) is 0 Å². The number of halogens is 1. The molecule has 0 N–H and O–H groups in total. The smallest absolute Gasteiger partial charge is 0.0412 e. The lowest BCUT2D eigenvalue weighted by atomic mass is 10.2. The maximum atomic E-state index is 5.79. The molecule has 0 unspecified atom stereocenters. The molecular formula is C13H10ClS. The second-order valence-corrected chi connectivity index (χ2v) is 4.60. The maximum absolute atomic E-state index is 5.79. The van der Waals surface area contributed by atoms with Gasteiger partial charge in [0, 0.05) is 15.7 Å². The van der Waals surface area contributed by atoms with Crippen molar-refractivity contribution in [2.24, 2.45) is 0 Å². The van der Waals surface area contributed by atoms with Gasteiger partial charge >= 0.3 is 0 Å². The molecule has 2 heteroatoms. The van der Waals surface area contributed by atoms with Gasteiger partial charge < -0.3 is 0 Å². The van der Waals surface area contributed by atoms with E-state index < -0.39 is 0 Å². The van der Waals surface area contributed by atoms with Gasteiger partial charge in [0.15, 0.2) is 0 Å². The molecule has 0 aliphatic rings. The first-order chi connectivity index (χ1) is 7.34. The van der Waals surface area contributed by atoms with E-state index in [9.17, 15) is 0 Å². The zero-order valence-corrected chi connectivity index (χ0v) is 9.68. The predicted molar refractivity (Wildman–Crippen MR) is 66.3 cm³/mol. The van der Waals surface area contributed by atoms with Crippen molar-refractivity contribution < 1.29 is 0 Å². The number of hydrogen-bond acceptors (Lipinski definition) is 1. The summed E-state index contributed by atoms with van der Waals surface area (Å²) in [6.45, 7) is 0. The van der Waals surface area contributed by atoms with E-state index in [-0.39, 0.29) is 0 Å². The van der Waals surface area contributed by atoms with E-state index in [2.05, 4.69) is 30.3 Å². The Hall–Kier alpha value is -0.920. The van der Waals surface area contributed by atoms with Gasteiger partial charge in [0.1, 0.15) is 0 Å². The van der Waals surface area contributed by atoms with E-state index in [1.165, 1.54) is 5.56 Å². The quantitative estimate of drug-likeness (QED) is 0.707. The van der Waals surface area contributed by atoms with Crippen LogP contribution in [0.1, 0.15) is 5.56 Å². The van der Waals surface area contributed by atoms with Crippen LogP contribution in [0.5, 0.6) is 0 Å². The Bertz CT molecular complexity index is 408. The Labute approximate surface area is 99.3 Å². The van der Waals surface area contributed by atoms with Crippen LogP contribution in [0.4, 0.5) is 0 Å². The van der Waals surface area contributed by atoms with Gasteiger partial charge in [-0.1, -0.05) is 41.9 Å². The first kappa shape index (κ1) is 10.6. The van der Waals surface area contributed by atoms with Crippen LogP contribution in [0.3, 0.4) is 0 Å². The molecule has 2 rings (SSSR count). The summed E-state index contributed by atoms with van der Waals surface area (Å²) in [4.78, 5) is 1.13. The summed E-state index contributed by atoms with van der Waals surface area (Å²) in [5, 5.41) is 0.735. The molecule has 0 aliphatic carbocycles. The molecule has 0 nitrogen and oxygen atoms in total. The van der Waals surface area contributed by atoms with Crippen molar-refractivity contribution in [1.82, 2.24) is 0 Å². The highest BCUT2D eigenvalue weighted by Crippen LogP contribution is 2.23. The SMILES string of the molecule is Clc1c[c]c(SCc2ccccc2)cc1. The molecule has 0 heterocycles. The Morgan fingerprint density at radius 2 is 1.87 bits per heavy atom. The van der Waals surface area contributed by atoms with Gasteiger partial charge in [-0.05, 0) is 29.8 Å². The van der Waals surface area contributed by atoms with Gasteiger partial charge in [-0.25, -0.2) is 0 Å². The van der Waals surface area contributed by atoms with Crippen molar-refractivity contribution in [3.8, 4) is 0 Å². The number of hydrogen-bond donors (Lipinski definition) is 0. The summed E-state index contributed by atoms with van der Waals surface area (Å²) >= 11 is 7.56. The van der Waals surface area contributed by atoms with Crippen LogP contribution >= 0.6 is 23.4 Å². The molecule has 0 saturated carbocycles. The van der Waals surface area contributed by atoms with Crippen molar-refractivity contribution in [3.05, 3.63) is 65.2 Å². The summed E-state index contributed by atoms with van der Waals surface area (Å²) in [7, 11) is 0. The Morgan fingerprint density at radius 3 is 2.53 bits per heavy atom. The molecule has 0 spiro atoms. The van der Waals surface area contributed by atoms with Crippen molar-refractivity contribution in [2.45, 2.75) is 10.6 Å². The number of thioether (sulfide) groups is 1. The molecule has 0 aliphatic heterocycles. The standard InChI is InChI=1S/C13H10ClS/c14-12-6-8-13(9-7-12)15-10-11-4-2-1-3-5-11/h1-8H,10H2. The molecule has 0 atom stereocenters. The second-order valence-electron chi connectivity index (χ2n) is 3.15. The monoisotopic (exact) mass is 233 g/mol. The van der Waals surface area contributed by atoms with Gasteiger partial charge in [-0.3, -0.25) is 0 Å². The van der Waals surface area contributed by atoms with Crippen molar-refractivity contribution in [1.29, 1.82) is 0 Å². The first-order valence-corrected chi connectivity index (χ1v) is 6.05. The van der Waals surface area contributed by atoms with Crippen LogP contribution in [0.2, 0.25) is 5.02 Å². The van der Waals surface area contributed by atoms with Gasteiger partial charge in [0.2, 0.25) is 0 Å². The Balaban J connectivity index is 1.96. The highest BCUT2D eigenvalue weighted by Gasteiger charge is 1.96. The molecule has 0 bridgehead atoms. The minimum absolute atomic E-state index is 0.735. The Morgan fingerprint density at radius 1 is 1.07 bits per heavy atom. The maximum Gasteiger partial charge on any atom is 0.0412 e. The van der Waals surface area contributed by atoms with E-state index >= 15 is 0 Å².